The lowest BCUT2D eigenvalue weighted by atomic mass is 10.0. The van der Waals surface area contributed by atoms with Gasteiger partial charge < -0.3 is 14.6 Å². The molecule has 1 aliphatic rings. The standard InChI is InChI=1S/C14H18BrNO4/c1-3-8(2)16-12(14(17)18)9-6-10(15)13-11(7-9)19-4-5-20-13/h6-8,12,16H,3-5H2,1-2H3,(H,17,18). The van der Waals surface area contributed by atoms with Crippen molar-refractivity contribution in [1.29, 1.82) is 0 Å². The molecule has 1 aromatic carbocycles. The summed E-state index contributed by atoms with van der Waals surface area (Å²) in [6, 6.07) is 2.84. The summed E-state index contributed by atoms with van der Waals surface area (Å²) in [5, 5.41) is 12.5. The highest BCUT2D eigenvalue weighted by Gasteiger charge is 2.25. The molecule has 0 saturated heterocycles. The SMILES string of the molecule is CCC(C)NC(C(=O)O)c1cc(Br)c2c(c1)OCCO2. The molecule has 0 bridgehead atoms. The van der Waals surface area contributed by atoms with Crippen LogP contribution in [-0.4, -0.2) is 30.3 Å². The summed E-state index contributed by atoms with van der Waals surface area (Å²) >= 11 is 3.41. The van der Waals surface area contributed by atoms with Gasteiger partial charge in [-0.25, -0.2) is 0 Å². The van der Waals surface area contributed by atoms with Crippen LogP contribution in [0.15, 0.2) is 16.6 Å². The van der Waals surface area contributed by atoms with E-state index in [4.69, 9.17) is 9.47 Å². The van der Waals surface area contributed by atoms with Gasteiger partial charge in [0, 0.05) is 6.04 Å². The van der Waals surface area contributed by atoms with E-state index in [1.807, 2.05) is 13.8 Å². The van der Waals surface area contributed by atoms with Crippen molar-refractivity contribution in [3.63, 3.8) is 0 Å². The smallest absolute Gasteiger partial charge is 0.325 e. The van der Waals surface area contributed by atoms with E-state index < -0.39 is 12.0 Å². The Morgan fingerprint density at radius 1 is 1.45 bits per heavy atom. The second-order valence-electron chi connectivity index (χ2n) is 4.77. The fraction of sp³-hybridized carbons (Fsp3) is 0.500. The number of carbonyl (C=O) groups is 1. The van der Waals surface area contributed by atoms with E-state index in [0.717, 1.165) is 6.42 Å². The molecule has 0 radical (unpaired) electrons. The number of rotatable bonds is 5. The minimum absolute atomic E-state index is 0.114. The average molecular weight is 344 g/mol. The highest BCUT2D eigenvalue weighted by Crippen LogP contribution is 2.40. The van der Waals surface area contributed by atoms with Crippen molar-refractivity contribution in [2.24, 2.45) is 0 Å². The molecule has 0 spiro atoms. The van der Waals surface area contributed by atoms with Gasteiger partial charge in [0.1, 0.15) is 19.3 Å². The molecule has 0 fully saturated rings. The third-order valence-corrected chi connectivity index (χ3v) is 3.85. The number of carboxylic acids is 1. The Balaban J connectivity index is 2.33. The summed E-state index contributed by atoms with van der Waals surface area (Å²) in [6.07, 6.45) is 0.857. The van der Waals surface area contributed by atoms with Gasteiger partial charge in [-0.1, -0.05) is 6.92 Å². The Hall–Kier alpha value is -1.27. The van der Waals surface area contributed by atoms with Crippen molar-refractivity contribution in [1.82, 2.24) is 5.32 Å². The quantitative estimate of drug-likeness (QED) is 0.860. The molecule has 0 saturated carbocycles. The molecule has 20 heavy (non-hydrogen) atoms. The van der Waals surface area contributed by atoms with Gasteiger partial charge in [-0.3, -0.25) is 10.1 Å². The molecular weight excluding hydrogens is 326 g/mol. The largest absolute Gasteiger partial charge is 0.486 e. The zero-order chi connectivity index (χ0) is 14.7. The minimum Gasteiger partial charge on any atom is -0.486 e. The fourth-order valence-electron chi connectivity index (χ4n) is 2.01. The number of aliphatic carboxylic acids is 1. The minimum atomic E-state index is -0.908. The first-order valence-corrected chi connectivity index (χ1v) is 7.40. The van der Waals surface area contributed by atoms with Crippen LogP contribution in [0, 0.1) is 0 Å². The predicted molar refractivity (Wildman–Crippen MR) is 78.4 cm³/mol. The van der Waals surface area contributed by atoms with Crippen molar-refractivity contribution < 1.29 is 19.4 Å². The van der Waals surface area contributed by atoms with E-state index in [-0.39, 0.29) is 6.04 Å². The molecule has 5 nitrogen and oxygen atoms in total. The lowest BCUT2D eigenvalue weighted by Gasteiger charge is -2.24. The summed E-state index contributed by atoms with van der Waals surface area (Å²) in [5.41, 5.74) is 0.647. The van der Waals surface area contributed by atoms with Gasteiger partial charge in [0.15, 0.2) is 11.5 Å². The first kappa shape index (κ1) is 15.1. The molecule has 2 unspecified atom stereocenters. The number of benzene rings is 1. The molecule has 2 N–H and O–H groups in total. The molecule has 0 aliphatic carbocycles. The molecule has 0 aromatic heterocycles. The van der Waals surface area contributed by atoms with Gasteiger partial charge in [0.25, 0.3) is 0 Å². The molecule has 1 heterocycles. The number of nitrogens with one attached hydrogen (secondary N) is 1. The summed E-state index contributed by atoms with van der Waals surface area (Å²) in [7, 11) is 0. The van der Waals surface area contributed by atoms with E-state index in [9.17, 15) is 9.90 Å². The zero-order valence-electron chi connectivity index (χ0n) is 11.5. The van der Waals surface area contributed by atoms with Crippen LogP contribution in [0.25, 0.3) is 0 Å². The van der Waals surface area contributed by atoms with Gasteiger partial charge in [-0.15, -0.1) is 0 Å². The molecule has 6 heteroatoms. The van der Waals surface area contributed by atoms with Crippen molar-refractivity contribution in [2.45, 2.75) is 32.4 Å². The van der Waals surface area contributed by atoms with Gasteiger partial charge in [0.2, 0.25) is 0 Å². The van der Waals surface area contributed by atoms with Crippen molar-refractivity contribution >= 4 is 21.9 Å². The van der Waals surface area contributed by atoms with Crippen LogP contribution in [0.5, 0.6) is 11.5 Å². The fourth-order valence-corrected chi connectivity index (χ4v) is 2.58. The Bertz CT molecular complexity index is 506. The number of ether oxygens (including phenoxy) is 2. The highest BCUT2D eigenvalue weighted by molar-refractivity contribution is 9.10. The van der Waals surface area contributed by atoms with E-state index >= 15 is 0 Å². The van der Waals surface area contributed by atoms with Crippen LogP contribution in [0.2, 0.25) is 0 Å². The summed E-state index contributed by atoms with van der Waals surface area (Å²) in [6.45, 7) is 4.94. The summed E-state index contributed by atoms with van der Waals surface area (Å²) < 4.78 is 11.8. The lowest BCUT2D eigenvalue weighted by molar-refractivity contribution is -0.139. The monoisotopic (exact) mass is 343 g/mol. The van der Waals surface area contributed by atoms with Gasteiger partial charge in [-0.05, 0) is 47.0 Å². The molecule has 1 aliphatic heterocycles. The molecule has 110 valence electrons. The van der Waals surface area contributed by atoms with Crippen molar-refractivity contribution in [3.8, 4) is 11.5 Å². The van der Waals surface area contributed by atoms with E-state index in [1.54, 1.807) is 12.1 Å². The maximum atomic E-state index is 11.5. The van der Waals surface area contributed by atoms with Crippen LogP contribution < -0.4 is 14.8 Å². The topological polar surface area (TPSA) is 67.8 Å². The number of hydrogen-bond donors (Lipinski definition) is 2. The van der Waals surface area contributed by atoms with Gasteiger partial charge in [0.05, 0.1) is 4.47 Å². The van der Waals surface area contributed by atoms with Crippen LogP contribution >= 0.6 is 15.9 Å². The normalized spacial score (nSPS) is 16.6. The Kier molecular flexibility index (Phi) is 4.88. The molecule has 2 atom stereocenters. The molecule has 0 amide bonds. The zero-order valence-corrected chi connectivity index (χ0v) is 13.1. The van der Waals surface area contributed by atoms with E-state index in [0.29, 0.717) is 34.7 Å². The molecule has 1 aromatic rings. The Morgan fingerprint density at radius 3 is 2.80 bits per heavy atom. The first-order chi connectivity index (χ1) is 9.52. The predicted octanol–water partition coefficient (Wildman–Crippen LogP) is 2.73. The van der Waals surface area contributed by atoms with Crippen LogP contribution in [0.4, 0.5) is 0 Å². The number of carboxylic acid groups (broad SMARTS) is 1. The maximum absolute atomic E-state index is 11.5. The summed E-state index contributed by atoms with van der Waals surface area (Å²) in [4.78, 5) is 11.5. The Labute approximate surface area is 126 Å². The van der Waals surface area contributed by atoms with Crippen LogP contribution in [0.3, 0.4) is 0 Å². The van der Waals surface area contributed by atoms with E-state index in [1.165, 1.54) is 0 Å². The lowest BCUT2D eigenvalue weighted by Crippen LogP contribution is -2.35. The van der Waals surface area contributed by atoms with Crippen molar-refractivity contribution in [3.05, 3.63) is 22.2 Å². The third kappa shape index (κ3) is 3.24. The number of hydrogen-bond acceptors (Lipinski definition) is 4. The average Bonchev–Trinajstić information content (AvgIpc) is 2.44. The second kappa shape index (κ2) is 6.45. The molecular formula is C14H18BrNO4. The number of halogens is 1. The maximum Gasteiger partial charge on any atom is 0.325 e. The summed E-state index contributed by atoms with van der Waals surface area (Å²) in [5.74, 6) is 0.305. The van der Waals surface area contributed by atoms with Gasteiger partial charge in [-0.2, -0.15) is 0 Å². The van der Waals surface area contributed by atoms with Crippen LogP contribution in [0.1, 0.15) is 31.9 Å². The van der Waals surface area contributed by atoms with Crippen LogP contribution in [-0.2, 0) is 4.79 Å². The number of fused-ring (bicyclic) bond motifs is 1. The first-order valence-electron chi connectivity index (χ1n) is 6.60. The molecule has 2 rings (SSSR count). The van der Waals surface area contributed by atoms with E-state index in [2.05, 4.69) is 21.2 Å². The third-order valence-electron chi connectivity index (χ3n) is 3.26. The second-order valence-corrected chi connectivity index (χ2v) is 5.63. The van der Waals surface area contributed by atoms with Crippen molar-refractivity contribution in [2.75, 3.05) is 13.2 Å². The van der Waals surface area contributed by atoms with Gasteiger partial charge >= 0.3 is 5.97 Å². The highest BCUT2D eigenvalue weighted by atomic mass is 79.9. The Morgan fingerprint density at radius 2 is 2.15 bits per heavy atom.